The molecule has 88 valence electrons. The highest BCUT2D eigenvalue weighted by molar-refractivity contribution is 5.12. The minimum atomic E-state index is 0.825. The Hall–Kier alpha value is -0.830. The molecule has 16 heavy (non-hydrogen) atoms. The lowest BCUT2D eigenvalue weighted by Gasteiger charge is -2.16. The molecule has 1 N–H and O–H groups in total. The van der Waals surface area contributed by atoms with Gasteiger partial charge in [-0.1, -0.05) is 0 Å². The first-order valence-electron chi connectivity index (χ1n) is 6.64. The maximum atomic E-state index is 4.32. The molecule has 1 saturated heterocycles. The fourth-order valence-electron chi connectivity index (χ4n) is 2.75. The first-order chi connectivity index (χ1) is 7.93. The van der Waals surface area contributed by atoms with Gasteiger partial charge in [0.25, 0.3) is 0 Å². The Balaban J connectivity index is 1.65. The molecule has 0 spiro atoms. The fourth-order valence-corrected chi connectivity index (χ4v) is 2.75. The topological polar surface area (TPSA) is 29.9 Å². The first-order valence-corrected chi connectivity index (χ1v) is 6.64. The number of imidazole rings is 1. The summed E-state index contributed by atoms with van der Waals surface area (Å²) in [6.07, 6.45) is 10.9. The number of rotatable bonds is 3. The predicted octanol–water partition coefficient (Wildman–Crippen LogP) is 2.15. The maximum absolute atomic E-state index is 4.32. The van der Waals surface area contributed by atoms with Gasteiger partial charge in [0.2, 0.25) is 0 Å². The van der Waals surface area contributed by atoms with E-state index in [0.717, 1.165) is 11.8 Å². The van der Waals surface area contributed by atoms with Crippen molar-refractivity contribution >= 4 is 0 Å². The largest absolute Gasteiger partial charge is 0.334 e. The van der Waals surface area contributed by atoms with E-state index in [9.17, 15) is 0 Å². The highest BCUT2D eigenvalue weighted by Gasteiger charge is 2.27. The van der Waals surface area contributed by atoms with Gasteiger partial charge in [-0.25, -0.2) is 4.98 Å². The van der Waals surface area contributed by atoms with Crippen molar-refractivity contribution in [2.24, 2.45) is 5.92 Å². The van der Waals surface area contributed by atoms with E-state index in [-0.39, 0.29) is 0 Å². The molecule has 1 aromatic rings. The molecule has 1 aliphatic heterocycles. The van der Waals surface area contributed by atoms with Gasteiger partial charge >= 0.3 is 0 Å². The second kappa shape index (κ2) is 4.58. The average molecular weight is 219 g/mol. The average Bonchev–Trinajstić information content (AvgIpc) is 3.07. The van der Waals surface area contributed by atoms with Crippen LogP contribution in [-0.2, 0) is 6.54 Å². The van der Waals surface area contributed by atoms with Crippen LogP contribution in [0.4, 0.5) is 0 Å². The van der Waals surface area contributed by atoms with Crippen molar-refractivity contribution in [3.05, 3.63) is 18.2 Å². The lowest BCUT2D eigenvalue weighted by atomic mass is 10.0. The summed E-state index contributed by atoms with van der Waals surface area (Å²) in [4.78, 5) is 4.32. The number of nitrogens with zero attached hydrogens (tertiary/aromatic N) is 2. The molecule has 0 bridgehead atoms. The molecule has 2 heterocycles. The molecule has 1 atom stereocenters. The Labute approximate surface area is 97.3 Å². The summed E-state index contributed by atoms with van der Waals surface area (Å²) in [6, 6.07) is 0. The van der Waals surface area contributed by atoms with Crippen LogP contribution in [-0.4, -0.2) is 22.6 Å². The van der Waals surface area contributed by atoms with Gasteiger partial charge in [0.1, 0.15) is 0 Å². The van der Waals surface area contributed by atoms with E-state index in [1.54, 1.807) is 0 Å². The van der Waals surface area contributed by atoms with Gasteiger partial charge in [-0.2, -0.15) is 0 Å². The Kier molecular flexibility index (Phi) is 2.96. The Morgan fingerprint density at radius 1 is 1.25 bits per heavy atom. The highest BCUT2D eigenvalue weighted by atomic mass is 15.1. The molecule has 3 heteroatoms. The van der Waals surface area contributed by atoms with Crippen molar-refractivity contribution < 1.29 is 0 Å². The number of aromatic nitrogens is 2. The van der Waals surface area contributed by atoms with Gasteiger partial charge in [-0.3, -0.25) is 0 Å². The molecule has 0 aromatic carbocycles. The third kappa shape index (κ3) is 2.29. The summed E-state index contributed by atoms with van der Waals surface area (Å²) in [5, 5.41) is 3.48. The van der Waals surface area contributed by atoms with Crippen LogP contribution in [0.3, 0.4) is 0 Å². The molecular weight excluding hydrogens is 198 g/mol. The van der Waals surface area contributed by atoms with Gasteiger partial charge in [0.05, 0.1) is 6.33 Å². The van der Waals surface area contributed by atoms with E-state index in [0.29, 0.717) is 0 Å². The van der Waals surface area contributed by atoms with Crippen LogP contribution in [0.25, 0.3) is 0 Å². The molecule has 0 amide bonds. The molecule has 1 saturated carbocycles. The summed E-state index contributed by atoms with van der Waals surface area (Å²) < 4.78 is 2.41. The summed E-state index contributed by atoms with van der Waals surface area (Å²) in [5.41, 5.74) is 1.48. The number of nitrogens with one attached hydrogen (secondary N) is 1. The van der Waals surface area contributed by atoms with Crippen molar-refractivity contribution in [3.63, 3.8) is 0 Å². The quantitative estimate of drug-likeness (QED) is 0.844. The van der Waals surface area contributed by atoms with Crippen LogP contribution in [0.5, 0.6) is 0 Å². The van der Waals surface area contributed by atoms with Gasteiger partial charge < -0.3 is 9.88 Å². The third-order valence-corrected chi connectivity index (χ3v) is 3.89. The minimum Gasteiger partial charge on any atom is -0.334 e. The molecule has 0 radical (unpaired) electrons. The zero-order valence-corrected chi connectivity index (χ0v) is 9.86. The fraction of sp³-hybridized carbons (Fsp3) is 0.769. The van der Waals surface area contributed by atoms with Crippen LogP contribution in [0.15, 0.2) is 12.5 Å². The van der Waals surface area contributed by atoms with Crippen LogP contribution in [0.1, 0.15) is 43.7 Å². The zero-order chi connectivity index (χ0) is 10.8. The highest BCUT2D eigenvalue weighted by Crippen LogP contribution is 2.40. The standard InChI is InChI=1S/C13H21N3/c1-2-11(5-7-14-6-1)9-16-10-15-8-13(16)12-3-4-12/h8,10-12,14H,1-7,9H2. The lowest BCUT2D eigenvalue weighted by molar-refractivity contribution is 0.398. The van der Waals surface area contributed by atoms with Crippen molar-refractivity contribution in [1.82, 2.24) is 14.9 Å². The van der Waals surface area contributed by atoms with Crippen LogP contribution in [0.2, 0.25) is 0 Å². The Morgan fingerprint density at radius 2 is 2.19 bits per heavy atom. The van der Waals surface area contributed by atoms with Gasteiger partial charge in [-0.05, 0) is 51.1 Å². The van der Waals surface area contributed by atoms with Crippen LogP contribution < -0.4 is 5.32 Å². The predicted molar refractivity (Wildman–Crippen MR) is 64.4 cm³/mol. The number of hydrogen-bond donors (Lipinski definition) is 1. The lowest BCUT2D eigenvalue weighted by Crippen LogP contribution is -2.16. The van der Waals surface area contributed by atoms with E-state index in [1.807, 2.05) is 6.33 Å². The molecule has 2 aliphatic rings. The van der Waals surface area contributed by atoms with Crippen molar-refractivity contribution in [2.75, 3.05) is 13.1 Å². The monoisotopic (exact) mass is 219 g/mol. The van der Waals surface area contributed by atoms with E-state index in [2.05, 4.69) is 21.1 Å². The Morgan fingerprint density at radius 3 is 3.06 bits per heavy atom. The van der Waals surface area contributed by atoms with Crippen molar-refractivity contribution in [3.8, 4) is 0 Å². The number of hydrogen-bond acceptors (Lipinski definition) is 2. The summed E-state index contributed by atoms with van der Waals surface area (Å²) in [7, 11) is 0. The normalized spacial score (nSPS) is 26.6. The van der Waals surface area contributed by atoms with Crippen molar-refractivity contribution in [2.45, 2.75) is 44.6 Å². The van der Waals surface area contributed by atoms with E-state index >= 15 is 0 Å². The molecule has 1 aliphatic carbocycles. The summed E-state index contributed by atoms with van der Waals surface area (Å²) in [6.45, 7) is 3.58. The third-order valence-electron chi connectivity index (χ3n) is 3.89. The molecular formula is C13H21N3. The second-order valence-electron chi connectivity index (χ2n) is 5.29. The Bertz CT molecular complexity index is 333. The summed E-state index contributed by atoms with van der Waals surface area (Å²) >= 11 is 0. The molecule has 3 nitrogen and oxygen atoms in total. The van der Waals surface area contributed by atoms with E-state index < -0.39 is 0 Å². The van der Waals surface area contributed by atoms with Crippen LogP contribution >= 0.6 is 0 Å². The van der Waals surface area contributed by atoms with E-state index in [4.69, 9.17) is 0 Å². The maximum Gasteiger partial charge on any atom is 0.0948 e. The van der Waals surface area contributed by atoms with Gasteiger partial charge in [-0.15, -0.1) is 0 Å². The SMILES string of the molecule is c1ncn(CC2CCCNCC2)c1C1CC1. The molecule has 3 rings (SSSR count). The summed E-state index contributed by atoms with van der Waals surface area (Å²) in [5.74, 6) is 1.67. The molecule has 1 aromatic heterocycles. The van der Waals surface area contributed by atoms with Gasteiger partial charge in [0.15, 0.2) is 0 Å². The molecule has 1 unspecified atom stereocenters. The smallest absolute Gasteiger partial charge is 0.0948 e. The van der Waals surface area contributed by atoms with Crippen LogP contribution in [0, 0.1) is 5.92 Å². The zero-order valence-electron chi connectivity index (χ0n) is 9.86. The second-order valence-corrected chi connectivity index (χ2v) is 5.29. The van der Waals surface area contributed by atoms with E-state index in [1.165, 1.54) is 57.4 Å². The molecule has 2 fully saturated rings. The van der Waals surface area contributed by atoms with Gasteiger partial charge in [0, 0.05) is 24.4 Å². The van der Waals surface area contributed by atoms with Crippen molar-refractivity contribution in [1.29, 1.82) is 0 Å². The minimum absolute atomic E-state index is 0.825. The first kappa shape index (κ1) is 10.3.